The second kappa shape index (κ2) is 8.67. The molecule has 1 heterocycles. The number of hydrogen-bond donors (Lipinski definition) is 2. The zero-order chi connectivity index (χ0) is 17.8. The summed E-state index contributed by atoms with van der Waals surface area (Å²) in [7, 11) is 3.16. The highest BCUT2D eigenvalue weighted by Gasteiger charge is 2.21. The Bertz CT molecular complexity index is 783. The Balaban J connectivity index is 0.00000243. The number of rotatable bonds is 5. The van der Waals surface area contributed by atoms with Crippen molar-refractivity contribution >= 4 is 35.4 Å². The van der Waals surface area contributed by atoms with Crippen molar-refractivity contribution in [3.05, 3.63) is 42.0 Å². The maximum Gasteiger partial charge on any atom is 0.243 e. The highest BCUT2D eigenvalue weighted by molar-refractivity contribution is 5.96. The van der Waals surface area contributed by atoms with E-state index in [1.807, 2.05) is 18.2 Å². The number of benzene rings is 2. The summed E-state index contributed by atoms with van der Waals surface area (Å²) in [6.45, 7) is 1.09. The third kappa shape index (κ3) is 4.14. The minimum Gasteiger partial charge on any atom is -0.497 e. The quantitative estimate of drug-likeness (QED) is 0.783. The van der Waals surface area contributed by atoms with E-state index in [1.54, 1.807) is 32.4 Å². The number of carbonyl (C=O) groups excluding carboxylic acids is 1. The van der Waals surface area contributed by atoms with Crippen molar-refractivity contribution in [3.8, 4) is 11.5 Å². The molecule has 0 unspecified atom stereocenters. The molecular weight excluding hydrogens is 354 g/mol. The van der Waals surface area contributed by atoms with E-state index in [2.05, 4.69) is 10.2 Å². The van der Waals surface area contributed by atoms with Crippen LogP contribution in [0.4, 0.5) is 17.1 Å². The lowest BCUT2D eigenvalue weighted by atomic mass is 10.00. The van der Waals surface area contributed by atoms with E-state index in [4.69, 9.17) is 15.2 Å². The first kappa shape index (κ1) is 19.7. The van der Waals surface area contributed by atoms with Crippen LogP contribution in [0.3, 0.4) is 0 Å². The highest BCUT2D eigenvalue weighted by Crippen LogP contribution is 2.32. The van der Waals surface area contributed by atoms with Gasteiger partial charge in [-0.1, -0.05) is 6.07 Å². The first-order valence-electron chi connectivity index (χ1n) is 8.26. The van der Waals surface area contributed by atoms with E-state index in [0.29, 0.717) is 17.2 Å². The van der Waals surface area contributed by atoms with Gasteiger partial charge in [-0.25, -0.2) is 0 Å². The lowest BCUT2D eigenvalue weighted by molar-refractivity contribution is -0.115. The molecule has 2 aromatic carbocycles. The minimum atomic E-state index is -0.109. The van der Waals surface area contributed by atoms with Crippen LogP contribution in [0.25, 0.3) is 0 Å². The first-order chi connectivity index (χ1) is 12.1. The van der Waals surface area contributed by atoms with Gasteiger partial charge < -0.3 is 25.4 Å². The third-order valence-electron chi connectivity index (χ3n) is 4.40. The van der Waals surface area contributed by atoms with Gasteiger partial charge >= 0.3 is 0 Å². The van der Waals surface area contributed by atoms with E-state index < -0.39 is 0 Å². The monoisotopic (exact) mass is 377 g/mol. The number of carbonyl (C=O) groups is 1. The number of nitrogen functional groups attached to an aromatic ring is 1. The van der Waals surface area contributed by atoms with Crippen molar-refractivity contribution in [2.45, 2.75) is 12.8 Å². The molecule has 0 saturated heterocycles. The second-order valence-corrected chi connectivity index (χ2v) is 5.98. The number of amides is 1. The van der Waals surface area contributed by atoms with Gasteiger partial charge in [0.25, 0.3) is 0 Å². The lowest BCUT2D eigenvalue weighted by Gasteiger charge is -2.31. The summed E-state index contributed by atoms with van der Waals surface area (Å²) in [6, 6.07) is 11.2. The van der Waals surface area contributed by atoms with Gasteiger partial charge in [-0.3, -0.25) is 4.79 Å². The van der Waals surface area contributed by atoms with Gasteiger partial charge in [-0.2, -0.15) is 0 Å². The van der Waals surface area contributed by atoms with E-state index in [1.165, 1.54) is 0 Å². The zero-order valence-corrected chi connectivity index (χ0v) is 15.8. The Morgan fingerprint density at radius 3 is 2.77 bits per heavy atom. The van der Waals surface area contributed by atoms with Gasteiger partial charge in [0.15, 0.2) is 0 Å². The maximum atomic E-state index is 12.6. The van der Waals surface area contributed by atoms with Crippen LogP contribution in [0, 0.1) is 0 Å². The highest BCUT2D eigenvalue weighted by atomic mass is 35.5. The number of halogens is 1. The van der Waals surface area contributed by atoms with Gasteiger partial charge in [0.05, 0.1) is 26.5 Å². The number of fused-ring (bicyclic) bond motifs is 1. The van der Waals surface area contributed by atoms with Crippen molar-refractivity contribution < 1.29 is 14.3 Å². The molecule has 1 amide bonds. The summed E-state index contributed by atoms with van der Waals surface area (Å²) in [6.07, 6.45) is 1.93. The van der Waals surface area contributed by atoms with Crippen LogP contribution in [0.15, 0.2) is 36.4 Å². The Morgan fingerprint density at radius 2 is 2.04 bits per heavy atom. The Morgan fingerprint density at radius 1 is 1.23 bits per heavy atom. The number of methoxy groups -OCH3 is 2. The van der Waals surface area contributed by atoms with Gasteiger partial charge in [-0.15, -0.1) is 12.4 Å². The number of nitrogens with two attached hydrogens (primary N) is 1. The van der Waals surface area contributed by atoms with Crippen molar-refractivity contribution in [3.63, 3.8) is 0 Å². The van der Waals surface area contributed by atoms with Crippen molar-refractivity contribution in [2.24, 2.45) is 0 Å². The van der Waals surface area contributed by atoms with Crippen LogP contribution in [-0.4, -0.2) is 33.2 Å². The van der Waals surface area contributed by atoms with Gasteiger partial charge in [0, 0.05) is 24.0 Å². The molecule has 1 aliphatic heterocycles. The fraction of sp³-hybridized carbons (Fsp3) is 0.316. The Kier molecular flexibility index (Phi) is 6.58. The molecule has 7 heteroatoms. The molecule has 0 aliphatic carbocycles. The SMILES string of the molecule is COc1ccc(OC)c(NC(=O)CN2CCCc3c(N)cccc32)c1.Cl. The summed E-state index contributed by atoms with van der Waals surface area (Å²) >= 11 is 0. The van der Waals surface area contributed by atoms with Gasteiger partial charge in [0.1, 0.15) is 11.5 Å². The molecule has 0 bridgehead atoms. The summed E-state index contributed by atoms with van der Waals surface area (Å²) in [4.78, 5) is 14.6. The van der Waals surface area contributed by atoms with E-state index in [9.17, 15) is 4.79 Å². The lowest BCUT2D eigenvalue weighted by Crippen LogP contribution is -2.37. The number of ether oxygens (including phenoxy) is 2. The predicted octanol–water partition coefficient (Wildman–Crippen LogP) is 3.10. The zero-order valence-electron chi connectivity index (χ0n) is 15.0. The van der Waals surface area contributed by atoms with Crippen LogP contribution in [0.2, 0.25) is 0 Å². The predicted molar refractivity (Wildman–Crippen MR) is 107 cm³/mol. The summed E-state index contributed by atoms with van der Waals surface area (Å²) in [5.74, 6) is 1.14. The van der Waals surface area contributed by atoms with Gasteiger partial charge in [0.2, 0.25) is 5.91 Å². The summed E-state index contributed by atoms with van der Waals surface area (Å²) in [5, 5.41) is 2.91. The van der Waals surface area contributed by atoms with Gasteiger partial charge in [-0.05, 0) is 42.7 Å². The topological polar surface area (TPSA) is 76.8 Å². The smallest absolute Gasteiger partial charge is 0.243 e. The molecule has 0 aromatic heterocycles. The fourth-order valence-corrected chi connectivity index (χ4v) is 3.17. The summed E-state index contributed by atoms with van der Waals surface area (Å²) in [5.41, 5.74) is 9.62. The molecule has 2 aromatic rings. The standard InChI is InChI=1S/C19H23N3O3.ClH/c1-24-13-8-9-18(25-2)16(11-13)21-19(23)12-22-10-4-5-14-15(20)6-3-7-17(14)22;/h3,6-9,11H,4-5,10,12,20H2,1-2H3,(H,21,23);1H. The molecule has 3 rings (SSSR count). The maximum absolute atomic E-state index is 12.6. The average molecular weight is 378 g/mol. The van der Waals surface area contributed by atoms with Crippen LogP contribution >= 0.6 is 12.4 Å². The molecular formula is C19H24ClN3O3. The molecule has 140 valence electrons. The largest absolute Gasteiger partial charge is 0.497 e. The molecule has 0 atom stereocenters. The molecule has 3 N–H and O–H groups in total. The molecule has 0 spiro atoms. The third-order valence-corrected chi connectivity index (χ3v) is 4.40. The van der Waals surface area contributed by atoms with Crippen molar-refractivity contribution in [2.75, 3.05) is 43.3 Å². The number of nitrogens with zero attached hydrogens (tertiary/aromatic N) is 1. The first-order valence-corrected chi connectivity index (χ1v) is 8.26. The summed E-state index contributed by atoms with van der Waals surface area (Å²) < 4.78 is 10.5. The molecule has 1 aliphatic rings. The van der Waals surface area contributed by atoms with Crippen LogP contribution in [0.1, 0.15) is 12.0 Å². The number of hydrogen-bond acceptors (Lipinski definition) is 5. The number of anilines is 3. The normalized spacial score (nSPS) is 12.6. The van der Waals surface area contributed by atoms with Crippen LogP contribution in [-0.2, 0) is 11.2 Å². The molecule has 6 nitrogen and oxygen atoms in total. The van der Waals surface area contributed by atoms with Crippen LogP contribution in [0.5, 0.6) is 11.5 Å². The minimum absolute atomic E-state index is 0. The average Bonchev–Trinajstić information content (AvgIpc) is 2.62. The second-order valence-electron chi connectivity index (χ2n) is 5.98. The van der Waals surface area contributed by atoms with E-state index in [0.717, 1.165) is 36.3 Å². The molecule has 0 saturated carbocycles. The van der Waals surface area contributed by atoms with Crippen molar-refractivity contribution in [1.82, 2.24) is 0 Å². The molecule has 26 heavy (non-hydrogen) atoms. The van der Waals surface area contributed by atoms with E-state index >= 15 is 0 Å². The fourth-order valence-electron chi connectivity index (χ4n) is 3.17. The van der Waals surface area contributed by atoms with Crippen molar-refractivity contribution in [1.29, 1.82) is 0 Å². The number of nitrogens with one attached hydrogen (secondary N) is 1. The molecule has 0 fully saturated rings. The van der Waals surface area contributed by atoms with E-state index in [-0.39, 0.29) is 24.9 Å². The Hall–Kier alpha value is -2.60. The molecule has 0 radical (unpaired) electrons. The Labute approximate surface area is 159 Å². The van der Waals surface area contributed by atoms with Crippen LogP contribution < -0.4 is 25.4 Å².